The molecule has 1 amide bonds. The fraction of sp³-hybridized carbons (Fsp3) is 0.923. The normalized spacial score (nSPS) is 40.7. The van der Waals surface area contributed by atoms with Gasteiger partial charge in [-0.1, -0.05) is 0 Å². The topological polar surface area (TPSA) is 59.6 Å². The molecule has 0 unspecified atom stereocenters. The standard InChI is InChI=1S/C13H24N2O3/c1-8-4-10(5-9(2)18-8)13(16)15-11-6-14-7-12(11)17-3/h8-12,14H,4-7H2,1-3H3,(H,15,16)/t8-,9-,11+,12+/m1/s1. The first-order chi connectivity index (χ1) is 8.60. The van der Waals surface area contributed by atoms with Gasteiger partial charge in [-0.15, -0.1) is 0 Å². The molecule has 0 bridgehead atoms. The van der Waals surface area contributed by atoms with E-state index in [4.69, 9.17) is 9.47 Å². The molecule has 2 aliphatic heterocycles. The van der Waals surface area contributed by atoms with Crippen molar-refractivity contribution in [3.8, 4) is 0 Å². The number of carbonyl (C=O) groups excluding carboxylic acids is 1. The van der Waals surface area contributed by atoms with Crippen molar-refractivity contribution in [2.24, 2.45) is 5.92 Å². The highest BCUT2D eigenvalue weighted by molar-refractivity contribution is 5.79. The van der Waals surface area contributed by atoms with Crippen LogP contribution in [0.3, 0.4) is 0 Å². The van der Waals surface area contributed by atoms with Crippen molar-refractivity contribution in [3.63, 3.8) is 0 Å². The number of ether oxygens (including phenoxy) is 2. The number of nitrogens with one attached hydrogen (secondary N) is 2. The Morgan fingerprint density at radius 1 is 1.28 bits per heavy atom. The maximum Gasteiger partial charge on any atom is 0.223 e. The van der Waals surface area contributed by atoms with Crippen molar-refractivity contribution in [2.75, 3.05) is 20.2 Å². The average molecular weight is 256 g/mol. The summed E-state index contributed by atoms with van der Waals surface area (Å²) in [5, 5.41) is 6.34. The summed E-state index contributed by atoms with van der Waals surface area (Å²) in [6.45, 7) is 5.66. The molecule has 0 aromatic heterocycles. The molecule has 0 spiro atoms. The molecule has 0 aromatic carbocycles. The van der Waals surface area contributed by atoms with Gasteiger partial charge in [0.15, 0.2) is 0 Å². The Kier molecular flexibility index (Phi) is 4.59. The maximum absolute atomic E-state index is 12.3. The van der Waals surface area contributed by atoms with Crippen LogP contribution >= 0.6 is 0 Å². The molecule has 2 aliphatic rings. The third-order valence-electron chi connectivity index (χ3n) is 3.86. The van der Waals surface area contributed by atoms with Gasteiger partial charge in [-0.3, -0.25) is 4.79 Å². The highest BCUT2D eigenvalue weighted by atomic mass is 16.5. The quantitative estimate of drug-likeness (QED) is 0.762. The molecule has 2 rings (SSSR count). The number of hydrogen-bond acceptors (Lipinski definition) is 4. The molecular formula is C13H24N2O3. The molecule has 104 valence electrons. The van der Waals surface area contributed by atoms with Crippen LogP contribution in [-0.4, -0.2) is 50.5 Å². The van der Waals surface area contributed by atoms with Gasteiger partial charge in [0.2, 0.25) is 5.91 Å². The number of amides is 1. The lowest BCUT2D eigenvalue weighted by Crippen LogP contribution is -2.48. The molecule has 18 heavy (non-hydrogen) atoms. The Morgan fingerprint density at radius 3 is 2.56 bits per heavy atom. The second kappa shape index (κ2) is 5.99. The highest BCUT2D eigenvalue weighted by Gasteiger charge is 2.33. The van der Waals surface area contributed by atoms with Gasteiger partial charge in [0, 0.05) is 26.1 Å². The minimum atomic E-state index is 0.0712. The van der Waals surface area contributed by atoms with Gasteiger partial charge >= 0.3 is 0 Å². The predicted octanol–water partition coefficient (Wildman–Crippen LogP) is 0.293. The van der Waals surface area contributed by atoms with Gasteiger partial charge in [0.1, 0.15) is 0 Å². The van der Waals surface area contributed by atoms with Gasteiger partial charge < -0.3 is 20.1 Å². The molecule has 4 atom stereocenters. The molecule has 2 fully saturated rings. The number of rotatable bonds is 3. The van der Waals surface area contributed by atoms with E-state index in [2.05, 4.69) is 10.6 Å². The lowest BCUT2D eigenvalue weighted by molar-refractivity contribution is -0.134. The van der Waals surface area contributed by atoms with E-state index >= 15 is 0 Å². The predicted molar refractivity (Wildman–Crippen MR) is 68.3 cm³/mol. The largest absolute Gasteiger partial charge is 0.378 e. The Hall–Kier alpha value is -0.650. The van der Waals surface area contributed by atoms with E-state index in [0.29, 0.717) is 0 Å². The molecule has 5 heteroatoms. The summed E-state index contributed by atoms with van der Waals surface area (Å²) in [5.74, 6) is 0.217. The van der Waals surface area contributed by atoms with Crippen LogP contribution in [0, 0.1) is 5.92 Å². The van der Waals surface area contributed by atoms with E-state index in [9.17, 15) is 4.79 Å². The van der Waals surface area contributed by atoms with Gasteiger partial charge in [0.25, 0.3) is 0 Å². The summed E-state index contributed by atoms with van der Waals surface area (Å²) in [5.41, 5.74) is 0. The van der Waals surface area contributed by atoms with E-state index in [1.807, 2.05) is 13.8 Å². The fourth-order valence-electron chi connectivity index (χ4n) is 2.97. The minimum Gasteiger partial charge on any atom is -0.378 e. The molecule has 2 heterocycles. The third kappa shape index (κ3) is 3.22. The first-order valence-corrected chi connectivity index (χ1v) is 6.79. The van der Waals surface area contributed by atoms with Crippen molar-refractivity contribution in [1.82, 2.24) is 10.6 Å². The van der Waals surface area contributed by atoms with Gasteiger partial charge in [-0.25, -0.2) is 0 Å². The fourth-order valence-corrected chi connectivity index (χ4v) is 2.97. The van der Waals surface area contributed by atoms with Gasteiger partial charge in [-0.2, -0.15) is 0 Å². The Morgan fingerprint density at radius 2 is 1.94 bits per heavy atom. The zero-order valence-electron chi connectivity index (χ0n) is 11.4. The number of methoxy groups -OCH3 is 1. The van der Waals surface area contributed by atoms with Crippen LogP contribution in [0.5, 0.6) is 0 Å². The Labute approximate surface area is 109 Å². The summed E-state index contributed by atoms with van der Waals surface area (Å²) < 4.78 is 11.0. The van der Waals surface area contributed by atoms with Crippen molar-refractivity contribution >= 4 is 5.91 Å². The summed E-state index contributed by atoms with van der Waals surface area (Å²) in [6.07, 6.45) is 2.06. The lowest BCUT2D eigenvalue weighted by Gasteiger charge is -2.32. The second-order valence-corrected chi connectivity index (χ2v) is 5.47. The molecular weight excluding hydrogens is 232 g/mol. The zero-order chi connectivity index (χ0) is 13.1. The molecule has 0 aliphatic carbocycles. The van der Waals surface area contributed by atoms with E-state index in [1.165, 1.54) is 0 Å². The average Bonchev–Trinajstić information content (AvgIpc) is 2.75. The zero-order valence-corrected chi connectivity index (χ0v) is 11.4. The van der Waals surface area contributed by atoms with Gasteiger partial charge in [0.05, 0.1) is 24.4 Å². The van der Waals surface area contributed by atoms with Crippen molar-refractivity contribution in [2.45, 2.75) is 51.0 Å². The molecule has 2 saturated heterocycles. The Bertz CT molecular complexity index is 288. The minimum absolute atomic E-state index is 0.0712. The SMILES string of the molecule is CO[C@H]1CNC[C@@H]1NC(=O)C1C[C@@H](C)O[C@H](C)C1. The monoisotopic (exact) mass is 256 g/mol. The van der Waals surface area contributed by atoms with Crippen LogP contribution in [0.1, 0.15) is 26.7 Å². The molecule has 0 radical (unpaired) electrons. The molecule has 0 saturated carbocycles. The van der Waals surface area contributed by atoms with E-state index in [1.54, 1.807) is 7.11 Å². The first kappa shape index (κ1) is 13.8. The van der Waals surface area contributed by atoms with E-state index in [-0.39, 0.29) is 36.2 Å². The van der Waals surface area contributed by atoms with Crippen LogP contribution in [-0.2, 0) is 14.3 Å². The van der Waals surface area contributed by atoms with Crippen molar-refractivity contribution in [3.05, 3.63) is 0 Å². The Balaban J connectivity index is 1.87. The van der Waals surface area contributed by atoms with E-state index in [0.717, 1.165) is 25.9 Å². The summed E-state index contributed by atoms with van der Waals surface area (Å²) in [7, 11) is 1.69. The van der Waals surface area contributed by atoms with Crippen LogP contribution < -0.4 is 10.6 Å². The van der Waals surface area contributed by atoms with E-state index < -0.39 is 0 Å². The summed E-state index contributed by atoms with van der Waals surface area (Å²) >= 11 is 0. The van der Waals surface area contributed by atoms with Crippen molar-refractivity contribution < 1.29 is 14.3 Å². The van der Waals surface area contributed by atoms with Crippen LogP contribution in [0.25, 0.3) is 0 Å². The van der Waals surface area contributed by atoms with Crippen LogP contribution in [0.15, 0.2) is 0 Å². The van der Waals surface area contributed by atoms with Crippen LogP contribution in [0.4, 0.5) is 0 Å². The third-order valence-corrected chi connectivity index (χ3v) is 3.86. The molecule has 5 nitrogen and oxygen atoms in total. The highest BCUT2D eigenvalue weighted by Crippen LogP contribution is 2.25. The summed E-state index contributed by atoms with van der Waals surface area (Å²) in [6, 6.07) is 0.0935. The van der Waals surface area contributed by atoms with Gasteiger partial charge in [-0.05, 0) is 26.7 Å². The van der Waals surface area contributed by atoms with Crippen molar-refractivity contribution in [1.29, 1.82) is 0 Å². The number of hydrogen-bond donors (Lipinski definition) is 2. The summed E-state index contributed by atoms with van der Waals surface area (Å²) in [4.78, 5) is 12.3. The first-order valence-electron chi connectivity index (χ1n) is 6.79. The lowest BCUT2D eigenvalue weighted by atomic mass is 9.91. The second-order valence-electron chi connectivity index (χ2n) is 5.47. The maximum atomic E-state index is 12.3. The van der Waals surface area contributed by atoms with Crippen LogP contribution in [0.2, 0.25) is 0 Å². The molecule has 2 N–H and O–H groups in total. The number of carbonyl (C=O) groups is 1. The smallest absolute Gasteiger partial charge is 0.223 e. The molecule has 0 aromatic rings.